The number of nitrogens with two attached hydrogens (primary N) is 1. The molecule has 0 amide bonds. The summed E-state index contributed by atoms with van der Waals surface area (Å²) in [5.41, 5.74) is 5.97. The molecule has 2 N–H and O–H groups in total. The topological polar surface area (TPSA) is 43.8 Å². The van der Waals surface area contributed by atoms with E-state index in [-0.39, 0.29) is 5.41 Å². The van der Waals surface area contributed by atoms with Crippen LogP contribution in [0.2, 0.25) is 0 Å². The lowest BCUT2D eigenvalue weighted by atomic mass is 9.97. The molecule has 1 rings (SSSR count). The molecule has 68 valence electrons. The fraction of sp³-hybridized carbons (Fsp3) is 0.625. The number of nitrogens with zero attached hydrogens (tertiary/aromatic N) is 2. The maximum absolute atomic E-state index is 5.76. The molecule has 0 saturated heterocycles. The Labute approximate surface area is 81.1 Å². The molecular weight excluding hydrogens is 218 g/mol. The summed E-state index contributed by atoms with van der Waals surface area (Å²) in [6, 6.07) is 0. The Morgan fingerprint density at radius 2 is 2.17 bits per heavy atom. The molecule has 12 heavy (non-hydrogen) atoms. The second-order valence-corrected chi connectivity index (χ2v) is 4.95. The van der Waals surface area contributed by atoms with E-state index in [1.54, 1.807) is 6.20 Å². The smallest absolute Gasteiger partial charge is 0.136 e. The van der Waals surface area contributed by atoms with Crippen molar-refractivity contribution in [1.82, 2.24) is 9.78 Å². The fourth-order valence-corrected chi connectivity index (χ4v) is 1.24. The van der Waals surface area contributed by atoms with Gasteiger partial charge in [0.25, 0.3) is 0 Å². The highest BCUT2D eigenvalue weighted by atomic mass is 79.9. The number of hydrogen-bond acceptors (Lipinski definition) is 2. The van der Waals surface area contributed by atoms with Gasteiger partial charge in [0.15, 0.2) is 0 Å². The summed E-state index contributed by atoms with van der Waals surface area (Å²) in [6.07, 6.45) is 1.72. The minimum Gasteiger partial charge on any atom is -0.383 e. The molecule has 0 fully saturated rings. The van der Waals surface area contributed by atoms with Gasteiger partial charge in [-0.1, -0.05) is 20.8 Å². The summed E-state index contributed by atoms with van der Waals surface area (Å²) in [5.74, 6) is 0.699. The van der Waals surface area contributed by atoms with Gasteiger partial charge in [-0.15, -0.1) is 0 Å². The Morgan fingerprint density at radius 3 is 2.50 bits per heavy atom. The quantitative estimate of drug-likeness (QED) is 0.807. The number of rotatable bonds is 1. The molecule has 0 aromatic carbocycles. The highest BCUT2D eigenvalue weighted by Gasteiger charge is 2.14. The van der Waals surface area contributed by atoms with Gasteiger partial charge in [0.05, 0.1) is 10.7 Å². The zero-order valence-electron chi connectivity index (χ0n) is 7.63. The standard InChI is InChI=1S/C8H14BrN3/c1-8(2,3)5-12-7(10)6(9)4-11-12/h4H,5,10H2,1-3H3. The minimum absolute atomic E-state index is 0.208. The van der Waals surface area contributed by atoms with Gasteiger partial charge < -0.3 is 5.73 Å². The molecule has 4 heteroatoms. The number of nitrogen functional groups attached to an aromatic ring is 1. The third-order valence-electron chi connectivity index (χ3n) is 1.46. The molecule has 0 saturated carbocycles. The average molecular weight is 232 g/mol. The number of anilines is 1. The molecule has 1 aromatic heterocycles. The summed E-state index contributed by atoms with van der Waals surface area (Å²) in [5, 5.41) is 4.15. The summed E-state index contributed by atoms with van der Waals surface area (Å²) in [4.78, 5) is 0. The molecule has 0 radical (unpaired) electrons. The molecule has 1 aromatic rings. The first-order valence-electron chi connectivity index (χ1n) is 3.87. The zero-order valence-corrected chi connectivity index (χ0v) is 9.22. The first-order chi connectivity index (χ1) is 5.40. The Morgan fingerprint density at radius 1 is 1.58 bits per heavy atom. The van der Waals surface area contributed by atoms with E-state index in [9.17, 15) is 0 Å². The second kappa shape index (κ2) is 3.09. The van der Waals surface area contributed by atoms with E-state index in [2.05, 4.69) is 41.8 Å². The van der Waals surface area contributed by atoms with Gasteiger partial charge in [0.2, 0.25) is 0 Å². The SMILES string of the molecule is CC(C)(C)Cn1ncc(Br)c1N. The fourth-order valence-electron chi connectivity index (χ4n) is 0.947. The lowest BCUT2D eigenvalue weighted by Crippen LogP contribution is -2.17. The Bertz CT molecular complexity index is 272. The van der Waals surface area contributed by atoms with Gasteiger partial charge in [0.1, 0.15) is 5.82 Å². The van der Waals surface area contributed by atoms with Crippen LogP contribution in [-0.4, -0.2) is 9.78 Å². The Kier molecular flexibility index (Phi) is 2.46. The number of aromatic nitrogens is 2. The van der Waals surface area contributed by atoms with Gasteiger partial charge in [-0.2, -0.15) is 5.10 Å². The van der Waals surface area contributed by atoms with Gasteiger partial charge >= 0.3 is 0 Å². The molecule has 0 unspecified atom stereocenters. The van der Waals surface area contributed by atoms with Crippen molar-refractivity contribution in [3.63, 3.8) is 0 Å². The van der Waals surface area contributed by atoms with Gasteiger partial charge in [-0.05, 0) is 21.3 Å². The maximum Gasteiger partial charge on any atom is 0.136 e. The van der Waals surface area contributed by atoms with Crippen molar-refractivity contribution < 1.29 is 0 Å². The zero-order chi connectivity index (χ0) is 9.35. The van der Waals surface area contributed by atoms with Crippen LogP contribution in [0.5, 0.6) is 0 Å². The van der Waals surface area contributed by atoms with Crippen molar-refractivity contribution in [2.45, 2.75) is 27.3 Å². The van der Waals surface area contributed by atoms with Gasteiger partial charge in [0, 0.05) is 6.54 Å². The van der Waals surface area contributed by atoms with E-state index in [4.69, 9.17) is 5.73 Å². The summed E-state index contributed by atoms with van der Waals surface area (Å²) >= 11 is 3.32. The lowest BCUT2D eigenvalue weighted by molar-refractivity contribution is 0.328. The Hall–Kier alpha value is -0.510. The summed E-state index contributed by atoms with van der Waals surface area (Å²) < 4.78 is 2.68. The van der Waals surface area contributed by atoms with Crippen LogP contribution < -0.4 is 5.73 Å². The van der Waals surface area contributed by atoms with E-state index in [1.807, 2.05) is 4.68 Å². The minimum atomic E-state index is 0.208. The van der Waals surface area contributed by atoms with Gasteiger partial charge in [-0.25, -0.2) is 4.68 Å². The van der Waals surface area contributed by atoms with Crippen molar-refractivity contribution in [2.24, 2.45) is 5.41 Å². The molecule has 0 spiro atoms. The first-order valence-corrected chi connectivity index (χ1v) is 4.66. The number of hydrogen-bond donors (Lipinski definition) is 1. The van der Waals surface area contributed by atoms with Crippen molar-refractivity contribution in [3.8, 4) is 0 Å². The predicted octanol–water partition coefficient (Wildman–Crippen LogP) is 2.27. The van der Waals surface area contributed by atoms with Crippen molar-refractivity contribution in [3.05, 3.63) is 10.7 Å². The van der Waals surface area contributed by atoms with Crippen LogP contribution in [0.25, 0.3) is 0 Å². The van der Waals surface area contributed by atoms with Crippen molar-refractivity contribution >= 4 is 21.7 Å². The molecule has 0 aliphatic heterocycles. The molecule has 0 atom stereocenters. The number of halogens is 1. The monoisotopic (exact) mass is 231 g/mol. The van der Waals surface area contributed by atoms with E-state index in [0.717, 1.165) is 11.0 Å². The first kappa shape index (κ1) is 9.58. The third kappa shape index (κ3) is 2.24. The molecule has 0 aliphatic carbocycles. The highest BCUT2D eigenvalue weighted by molar-refractivity contribution is 9.10. The van der Waals surface area contributed by atoms with Crippen LogP contribution in [0.1, 0.15) is 20.8 Å². The van der Waals surface area contributed by atoms with Crippen LogP contribution in [-0.2, 0) is 6.54 Å². The maximum atomic E-state index is 5.76. The van der Waals surface area contributed by atoms with Crippen LogP contribution in [0.15, 0.2) is 10.7 Å². The van der Waals surface area contributed by atoms with Crippen molar-refractivity contribution in [2.75, 3.05) is 5.73 Å². The van der Waals surface area contributed by atoms with Gasteiger partial charge in [-0.3, -0.25) is 0 Å². The van der Waals surface area contributed by atoms with E-state index < -0.39 is 0 Å². The lowest BCUT2D eigenvalue weighted by Gasteiger charge is -2.18. The average Bonchev–Trinajstić information content (AvgIpc) is 2.16. The molecule has 0 bridgehead atoms. The van der Waals surface area contributed by atoms with Crippen LogP contribution in [0.3, 0.4) is 0 Å². The second-order valence-electron chi connectivity index (χ2n) is 4.10. The van der Waals surface area contributed by atoms with Crippen LogP contribution in [0.4, 0.5) is 5.82 Å². The van der Waals surface area contributed by atoms with Crippen LogP contribution >= 0.6 is 15.9 Å². The van der Waals surface area contributed by atoms with E-state index in [1.165, 1.54) is 0 Å². The predicted molar refractivity (Wildman–Crippen MR) is 53.8 cm³/mol. The van der Waals surface area contributed by atoms with E-state index in [0.29, 0.717) is 5.82 Å². The Balaban J connectivity index is 2.83. The normalized spacial score (nSPS) is 12.0. The summed E-state index contributed by atoms with van der Waals surface area (Å²) in [7, 11) is 0. The largest absolute Gasteiger partial charge is 0.383 e. The molecule has 3 nitrogen and oxygen atoms in total. The van der Waals surface area contributed by atoms with Crippen LogP contribution in [0, 0.1) is 5.41 Å². The summed E-state index contributed by atoms with van der Waals surface area (Å²) in [6.45, 7) is 7.30. The third-order valence-corrected chi connectivity index (χ3v) is 2.07. The molecular formula is C8H14BrN3. The molecule has 0 aliphatic rings. The molecule has 1 heterocycles. The van der Waals surface area contributed by atoms with E-state index >= 15 is 0 Å². The highest BCUT2D eigenvalue weighted by Crippen LogP contribution is 2.22. The van der Waals surface area contributed by atoms with Crippen molar-refractivity contribution in [1.29, 1.82) is 0 Å².